The standard InChI is InChI=1S/C17H17NO4/c1-17(2,3)12-8-6-11(7-9-12)16(21)22-13-5-4-10-18-14(13)15(19)20/h4-10H,1-3H3,(H,19,20). The number of carboxylic acid groups (broad SMARTS) is 1. The number of nitrogens with zero attached hydrogens (tertiary/aromatic N) is 1. The molecule has 0 fully saturated rings. The Morgan fingerprint density at radius 1 is 1.09 bits per heavy atom. The Balaban J connectivity index is 2.22. The first-order valence-electron chi connectivity index (χ1n) is 6.80. The van der Waals surface area contributed by atoms with Crippen LogP contribution in [0, 0.1) is 0 Å². The highest BCUT2D eigenvalue weighted by Gasteiger charge is 2.18. The quantitative estimate of drug-likeness (QED) is 0.880. The summed E-state index contributed by atoms with van der Waals surface area (Å²) in [4.78, 5) is 26.8. The minimum absolute atomic E-state index is 0.0116. The molecule has 0 saturated carbocycles. The predicted molar refractivity (Wildman–Crippen MR) is 81.3 cm³/mol. The molecule has 2 aromatic rings. The summed E-state index contributed by atoms with van der Waals surface area (Å²) >= 11 is 0. The van der Waals surface area contributed by atoms with Crippen molar-refractivity contribution in [1.29, 1.82) is 0 Å². The number of aromatic carboxylic acids is 1. The maximum absolute atomic E-state index is 12.1. The van der Waals surface area contributed by atoms with E-state index in [1.54, 1.807) is 12.1 Å². The molecule has 0 bridgehead atoms. The third kappa shape index (κ3) is 3.49. The second-order valence-electron chi connectivity index (χ2n) is 5.87. The van der Waals surface area contributed by atoms with Gasteiger partial charge in [0.2, 0.25) is 0 Å². The van der Waals surface area contributed by atoms with E-state index in [0.717, 1.165) is 5.56 Å². The van der Waals surface area contributed by atoms with Crippen LogP contribution in [0.2, 0.25) is 0 Å². The molecule has 22 heavy (non-hydrogen) atoms. The first kappa shape index (κ1) is 15.7. The molecule has 114 valence electrons. The van der Waals surface area contributed by atoms with Crippen molar-refractivity contribution in [1.82, 2.24) is 4.98 Å². The third-order valence-corrected chi connectivity index (χ3v) is 3.16. The second-order valence-corrected chi connectivity index (χ2v) is 5.87. The Morgan fingerprint density at radius 3 is 2.27 bits per heavy atom. The Morgan fingerprint density at radius 2 is 1.73 bits per heavy atom. The van der Waals surface area contributed by atoms with Gasteiger partial charge in [-0.2, -0.15) is 0 Å². The van der Waals surface area contributed by atoms with Crippen LogP contribution in [0.15, 0.2) is 42.6 Å². The van der Waals surface area contributed by atoms with Crippen molar-refractivity contribution in [2.75, 3.05) is 0 Å². The number of carboxylic acids is 1. The average Bonchev–Trinajstić information content (AvgIpc) is 2.46. The van der Waals surface area contributed by atoms with Crippen LogP contribution in [0.4, 0.5) is 0 Å². The van der Waals surface area contributed by atoms with Crippen molar-refractivity contribution in [2.45, 2.75) is 26.2 Å². The summed E-state index contributed by atoms with van der Waals surface area (Å²) in [6, 6.07) is 9.96. The molecule has 2 rings (SSSR count). The number of aromatic nitrogens is 1. The maximum Gasteiger partial charge on any atom is 0.358 e. The SMILES string of the molecule is CC(C)(C)c1ccc(C(=O)Oc2cccnc2C(=O)O)cc1. The molecule has 1 aromatic carbocycles. The van der Waals surface area contributed by atoms with Gasteiger partial charge in [-0.3, -0.25) is 0 Å². The van der Waals surface area contributed by atoms with E-state index in [0.29, 0.717) is 5.56 Å². The lowest BCUT2D eigenvalue weighted by Crippen LogP contribution is -2.14. The van der Waals surface area contributed by atoms with Gasteiger partial charge in [0.05, 0.1) is 5.56 Å². The molecule has 0 aliphatic rings. The average molecular weight is 299 g/mol. The monoisotopic (exact) mass is 299 g/mol. The van der Waals surface area contributed by atoms with E-state index in [-0.39, 0.29) is 16.9 Å². The van der Waals surface area contributed by atoms with Crippen molar-refractivity contribution in [3.05, 3.63) is 59.4 Å². The summed E-state index contributed by atoms with van der Waals surface area (Å²) < 4.78 is 5.14. The van der Waals surface area contributed by atoms with Gasteiger partial charge in [-0.15, -0.1) is 0 Å². The number of benzene rings is 1. The van der Waals surface area contributed by atoms with Gasteiger partial charge in [0.1, 0.15) is 0 Å². The van der Waals surface area contributed by atoms with E-state index in [1.165, 1.54) is 18.3 Å². The van der Waals surface area contributed by atoms with Gasteiger partial charge < -0.3 is 9.84 Å². The van der Waals surface area contributed by atoms with E-state index < -0.39 is 11.9 Å². The van der Waals surface area contributed by atoms with Crippen LogP contribution in [0.3, 0.4) is 0 Å². The normalized spacial score (nSPS) is 11.0. The Bertz CT molecular complexity index is 699. The van der Waals surface area contributed by atoms with Crippen molar-refractivity contribution in [3.8, 4) is 5.75 Å². The smallest absolute Gasteiger partial charge is 0.358 e. The third-order valence-electron chi connectivity index (χ3n) is 3.16. The number of esters is 1. The highest BCUT2D eigenvalue weighted by Crippen LogP contribution is 2.23. The van der Waals surface area contributed by atoms with Gasteiger partial charge in [-0.05, 0) is 35.2 Å². The van der Waals surface area contributed by atoms with Crippen LogP contribution < -0.4 is 4.74 Å². The van der Waals surface area contributed by atoms with Gasteiger partial charge >= 0.3 is 11.9 Å². The molecular weight excluding hydrogens is 282 g/mol. The fraction of sp³-hybridized carbons (Fsp3) is 0.235. The summed E-state index contributed by atoms with van der Waals surface area (Å²) in [6.45, 7) is 6.24. The number of hydrogen-bond acceptors (Lipinski definition) is 4. The van der Waals surface area contributed by atoms with Gasteiger partial charge in [-0.25, -0.2) is 14.6 Å². The lowest BCUT2D eigenvalue weighted by Gasteiger charge is -2.18. The number of carbonyl (C=O) groups is 2. The van der Waals surface area contributed by atoms with Crippen LogP contribution in [0.1, 0.15) is 47.2 Å². The molecule has 0 aliphatic heterocycles. The van der Waals surface area contributed by atoms with Crippen LogP contribution in [0.5, 0.6) is 5.75 Å². The summed E-state index contributed by atoms with van der Waals surface area (Å²) in [6.07, 6.45) is 1.33. The molecule has 0 unspecified atom stereocenters. The summed E-state index contributed by atoms with van der Waals surface area (Å²) in [5, 5.41) is 9.02. The predicted octanol–water partition coefficient (Wildman–Crippen LogP) is 3.30. The van der Waals surface area contributed by atoms with Gasteiger partial charge in [0.25, 0.3) is 0 Å². The van der Waals surface area contributed by atoms with Crippen molar-refractivity contribution in [3.63, 3.8) is 0 Å². The second kappa shape index (κ2) is 5.97. The van der Waals surface area contributed by atoms with Gasteiger partial charge in [0, 0.05) is 6.20 Å². The maximum atomic E-state index is 12.1. The molecular formula is C17H17NO4. The van der Waals surface area contributed by atoms with Crippen molar-refractivity contribution >= 4 is 11.9 Å². The minimum atomic E-state index is -1.24. The first-order chi connectivity index (χ1) is 10.3. The summed E-state index contributed by atoms with van der Waals surface area (Å²) in [5.41, 5.74) is 1.15. The number of ether oxygens (including phenoxy) is 1. The topological polar surface area (TPSA) is 76.5 Å². The largest absolute Gasteiger partial charge is 0.476 e. The molecule has 0 atom stereocenters. The zero-order chi connectivity index (χ0) is 16.3. The zero-order valence-electron chi connectivity index (χ0n) is 12.7. The number of carbonyl (C=O) groups excluding carboxylic acids is 1. The molecule has 5 nitrogen and oxygen atoms in total. The lowest BCUT2D eigenvalue weighted by atomic mass is 9.87. The first-order valence-corrected chi connectivity index (χ1v) is 6.80. The van der Waals surface area contributed by atoms with Crippen molar-refractivity contribution in [2.24, 2.45) is 0 Å². The van der Waals surface area contributed by atoms with E-state index in [4.69, 9.17) is 9.84 Å². The highest BCUT2D eigenvalue weighted by molar-refractivity contribution is 5.94. The zero-order valence-corrected chi connectivity index (χ0v) is 12.7. The Labute approximate surface area is 128 Å². The molecule has 1 N–H and O–H groups in total. The fourth-order valence-corrected chi connectivity index (χ4v) is 1.90. The fourth-order valence-electron chi connectivity index (χ4n) is 1.90. The molecule has 0 aliphatic carbocycles. The molecule has 0 spiro atoms. The van der Waals surface area contributed by atoms with Crippen LogP contribution in [-0.4, -0.2) is 22.0 Å². The number of pyridine rings is 1. The van der Waals surface area contributed by atoms with Crippen LogP contribution >= 0.6 is 0 Å². The van der Waals surface area contributed by atoms with Crippen LogP contribution in [-0.2, 0) is 5.41 Å². The summed E-state index contributed by atoms with van der Waals surface area (Å²) in [7, 11) is 0. The Kier molecular flexibility index (Phi) is 4.26. The van der Waals surface area contributed by atoms with Gasteiger partial charge in [0.15, 0.2) is 11.4 Å². The van der Waals surface area contributed by atoms with Gasteiger partial charge in [-0.1, -0.05) is 32.9 Å². The number of rotatable bonds is 3. The Hall–Kier alpha value is -2.69. The lowest BCUT2D eigenvalue weighted by molar-refractivity contribution is 0.0674. The van der Waals surface area contributed by atoms with E-state index in [2.05, 4.69) is 25.8 Å². The minimum Gasteiger partial charge on any atom is -0.476 e. The molecule has 5 heteroatoms. The van der Waals surface area contributed by atoms with Crippen molar-refractivity contribution < 1.29 is 19.4 Å². The molecule has 0 amide bonds. The van der Waals surface area contributed by atoms with E-state index in [1.807, 2.05) is 12.1 Å². The highest BCUT2D eigenvalue weighted by atomic mass is 16.5. The van der Waals surface area contributed by atoms with Crippen LogP contribution in [0.25, 0.3) is 0 Å². The molecule has 0 saturated heterocycles. The van der Waals surface area contributed by atoms with E-state index >= 15 is 0 Å². The molecule has 1 aromatic heterocycles. The number of hydrogen-bond donors (Lipinski definition) is 1. The van der Waals surface area contributed by atoms with E-state index in [9.17, 15) is 9.59 Å². The molecule has 1 heterocycles. The summed E-state index contributed by atoms with van der Waals surface area (Å²) in [5.74, 6) is -1.93. The molecule has 0 radical (unpaired) electrons.